The van der Waals surface area contributed by atoms with Crippen LogP contribution in [0.25, 0.3) is 0 Å². The molecule has 3 aliphatic heterocycles. The molecule has 1 unspecified atom stereocenters. The molecule has 4 rings (SSSR count). The highest BCUT2D eigenvalue weighted by molar-refractivity contribution is 7.99. The number of thioether (sulfide) groups is 1. The maximum Gasteiger partial charge on any atom is 0.325 e. The van der Waals surface area contributed by atoms with E-state index in [0.717, 1.165) is 17.1 Å². The Morgan fingerprint density at radius 3 is 2.74 bits per heavy atom. The first kappa shape index (κ1) is 18.3. The zero-order valence-electron chi connectivity index (χ0n) is 15.6. The van der Waals surface area contributed by atoms with Crippen LogP contribution in [0.15, 0.2) is 24.3 Å². The molecule has 0 aromatic heterocycles. The molecule has 0 radical (unpaired) electrons. The van der Waals surface area contributed by atoms with Crippen molar-refractivity contribution in [1.29, 1.82) is 0 Å². The normalized spacial score (nSPS) is 24.8. The summed E-state index contributed by atoms with van der Waals surface area (Å²) in [5.41, 5.74) is 1.58. The number of rotatable bonds is 4. The minimum absolute atomic E-state index is 0.00475. The van der Waals surface area contributed by atoms with E-state index in [2.05, 4.69) is 11.4 Å². The smallest absolute Gasteiger partial charge is 0.325 e. The fourth-order valence-electron chi connectivity index (χ4n) is 4.32. The van der Waals surface area contributed by atoms with Gasteiger partial charge in [-0.15, -0.1) is 0 Å². The molecule has 1 aromatic rings. The number of nitrogens with one attached hydrogen (secondary N) is 1. The molecule has 0 saturated carbocycles. The molecular formula is C20H25N3O3S. The van der Waals surface area contributed by atoms with Crippen LogP contribution >= 0.6 is 11.8 Å². The van der Waals surface area contributed by atoms with Gasteiger partial charge in [-0.1, -0.05) is 29.8 Å². The summed E-state index contributed by atoms with van der Waals surface area (Å²) in [7, 11) is 0. The van der Waals surface area contributed by atoms with Gasteiger partial charge in [0.15, 0.2) is 0 Å². The van der Waals surface area contributed by atoms with Crippen LogP contribution in [0.2, 0.25) is 0 Å². The number of carbonyl (C=O) groups excluding carboxylic acids is 3. The fraction of sp³-hybridized carbons (Fsp3) is 0.550. The standard InChI is InChI=1S/C20H25N3O3S/c1-14-3-2-4-15(9-14)11-22-12-16(10-17(22)24)13-23-18(25)20(21-19(23)26)5-7-27-8-6-20/h2-4,9,16H,5-8,10-13H2,1H3,(H,21,26). The van der Waals surface area contributed by atoms with Crippen LogP contribution in [0, 0.1) is 12.8 Å². The number of carbonyl (C=O) groups is 3. The Kier molecular flexibility index (Phi) is 4.88. The van der Waals surface area contributed by atoms with Gasteiger partial charge in [-0.05, 0) is 36.8 Å². The van der Waals surface area contributed by atoms with Crippen LogP contribution in [0.4, 0.5) is 4.79 Å². The van der Waals surface area contributed by atoms with Crippen molar-refractivity contribution in [3.8, 4) is 0 Å². The Balaban J connectivity index is 1.39. The molecule has 3 fully saturated rings. The van der Waals surface area contributed by atoms with E-state index >= 15 is 0 Å². The molecule has 3 aliphatic rings. The number of benzene rings is 1. The quantitative estimate of drug-likeness (QED) is 0.804. The van der Waals surface area contributed by atoms with Crippen molar-refractivity contribution in [3.05, 3.63) is 35.4 Å². The van der Waals surface area contributed by atoms with E-state index in [1.165, 1.54) is 10.5 Å². The van der Waals surface area contributed by atoms with Crippen molar-refractivity contribution < 1.29 is 14.4 Å². The first-order valence-corrected chi connectivity index (χ1v) is 10.7. The molecule has 6 nitrogen and oxygen atoms in total. The van der Waals surface area contributed by atoms with Crippen molar-refractivity contribution in [2.24, 2.45) is 5.92 Å². The van der Waals surface area contributed by atoms with E-state index in [1.54, 1.807) is 0 Å². The molecule has 0 bridgehead atoms. The first-order chi connectivity index (χ1) is 13.0. The average molecular weight is 388 g/mol. The second-order valence-corrected chi connectivity index (χ2v) is 9.10. The molecule has 4 amide bonds. The van der Waals surface area contributed by atoms with Crippen LogP contribution < -0.4 is 5.32 Å². The third-order valence-corrected chi connectivity index (χ3v) is 6.77. The monoisotopic (exact) mass is 387 g/mol. The SMILES string of the molecule is Cc1cccc(CN2CC(CN3C(=O)NC4(CCSCC4)C3=O)CC2=O)c1. The van der Waals surface area contributed by atoms with Crippen molar-refractivity contribution in [2.45, 2.75) is 38.3 Å². The van der Waals surface area contributed by atoms with Crippen LogP contribution in [0.3, 0.4) is 0 Å². The van der Waals surface area contributed by atoms with Gasteiger partial charge < -0.3 is 10.2 Å². The number of hydrogen-bond donors (Lipinski definition) is 1. The van der Waals surface area contributed by atoms with Crippen LogP contribution in [0.5, 0.6) is 0 Å². The van der Waals surface area contributed by atoms with Crippen LogP contribution in [-0.2, 0) is 16.1 Å². The minimum Gasteiger partial charge on any atom is -0.338 e. The molecule has 1 spiro atoms. The maximum absolute atomic E-state index is 12.9. The number of amides is 4. The average Bonchev–Trinajstić information content (AvgIpc) is 3.08. The molecule has 1 atom stereocenters. The lowest BCUT2D eigenvalue weighted by Gasteiger charge is -2.30. The molecule has 0 aliphatic carbocycles. The summed E-state index contributed by atoms with van der Waals surface area (Å²) in [5, 5.41) is 2.94. The number of aryl methyl sites for hydroxylation is 1. The lowest BCUT2D eigenvalue weighted by molar-refractivity contribution is -0.132. The van der Waals surface area contributed by atoms with E-state index in [1.807, 2.05) is 41.8 Å². The molecule has 1 N–H and O–H groups in total. The third-order valence-electron chi connectivity index (χ3n) is 5.78. The summed E-state index contributed by atoms with van der Waals surface area (Å²) in [6, 6.07) is 7.85. The van der Waals surface area contributed by atoms with Crippen molar-refractivity contribution in [2.75, 3.05) is 24.6 Å². The molecule has 144 valence electrons. The predicted molar refractivity (Wildman–Crippen MR) is 104 cm³/mol. The summed E-state index contributed by atoms with van der Waals surface area (Å²) in [6.07, 6.45) is 1.79. The highest BCUT2D eigenvalue weighted by Crippen LogP contribution is 2.33. The lowest BCUT2D eigenvalue weighted by Crippen LogP contribution is -2.49. The molecule has 27 heavy (non-hydrogen) atoms. The summed E-state index contributed by atoms with van der Waals surface area (Å²) in [4.78, 5) is 40.9. The Labute approximate surface area is 163 Å². The largest absolute Gasteiger partial charge is 0.338 e. The number of nitrogens with zero attached hydrogens (tertiary/aromatic N) is 2. The first-order valence-electron chi connectivity index (χ1n) is 9.52. The predicted octanol–water partition coefficient (Wildman–Crippen LogP) is 2.16. The molecule has 1 aromatic carbocycles. The van der Waals surface area contributed by atoms with Crippen molar-refractivity contribution >= 4 is 29.6 Å². The Hall–Kier alpha value is -2.02. The Bertz CT molecular complexity index is 775. The third kappa shape index (κ3) is 3.57. The summed E-state index contributed by atoms with van der Waals surface area (Å²) < 4.78 is 0. The number of likely N-dealkylation sites (tertiary alicyclic amines) is 1. The second-order valence-electron chi connectivity index (χ2n) is 7.87. The van der Waals surface area contributed by atoms with Crippen LogP contribution in [0.1, 0.15) is 30.4 Å². The number of hydrogen-bond acceptors (Lipinski definition) is 4. The molecule has 3 heterocycles. The second kappa shape index (κ2) is 7.19. The summed E-state index contributed by atoms with van der Waals surface area (Å²) in [6.45, 7) is 3.54. The zero-order chi connectivity index (χ0) is 19.0. The highest BCUT2D eigenvalue weighted by Gasteiger charge is 2.52. The van der Waals surface area contributed by atoms with E-state index < -0.39 is 5.54 Å². The molecule has 3 saturated heterocycles. The van der Waals surface area contributed by atoms with Gasteiger partial charge in [-0.25, -0.2) is 4.79 Å². The van der Waals surface area contributed by atoms with Gasteiger partial charge in [0.1, 0.15) is 5.54 Å². The van der Waals surface area contributed by atoms with Gasteiger partial charge in [0, 0.05) is 32.0 Å². The molecular weight excluding hydrogens is 362 g/mol. The van der Waals surface area contributed by atoms with Crippen molar-refractivity contribution in [3.63, 3.8) is 0 Å². The zero-order valence-corrected chi connectivity index (χ0v) is 16.4. The summed E-state index contributed by atoms with van der Waals surface area (Å²) >= 11 is 1.82. The topological polar surface area (TPSA) is 69.7 Å². The van der Waals surface area contributed by atoms with Gasteiger partial charge in [0.05, 0.1) is 0 Å². The van der Waals surface area contributed by atoms with Gasteiger partial charge in [-0.3, -0.25) is 14.5 Å². The van der Waals surface area contributed by atoms with Gasteiger partial charge in [0.2, 0.25) is 5.91 Å². The Morgan fingerprint density at radius 2 is 2.00 bits per heavy atom. The number of urea groups is 1. The van der Waals surface area contributed by atoms with Gasteiger partial charge >= 0.3 is 6.03 Å². The molecule has 7 heteroatoms. The van der Waals surface area contributed by atoms with E-state index in [4.69, 9.17) is 0 Å². The maximum atomic E-state index is 12.9. The van der Waals surface area contributed by atoms with E-state index in [9.17, 15) is 14.4 Å². The Morgan fingerprint density at radius 1 is 1.22 bits per heavy atom. The van der Waals surface area contributed by atoms with Crippen LogP contribution in [-0.4, -0.2) is 57.8 Å². The van der Waals surface area contributed by atoms with Gasteiger partial charge in [0.25, 0.3) is 5.91 Å². The minimum atomic E-state index is -0.702. The highest BCUT2D eigenvalue weighted by atomic mass is 32.2. The number of imide groups is 1. The summed E-state index contributed by atoms with van der Waals surface area (Å²) in [5.74, 6) is 1.79. The van der Waals surface area contributed by atoms with Gasteiger partial charge in [-0.2, -0.15) is 11.8 Å². The van der Waals surface area contributed by atoms with Crippen molar-refractivity contribution in [1.82, 2.24) is 15.1 Å². The fourth-order valence-corrected chi connectivity index (χ4v) is 5.51. The lowest BCUT2D eigenvalue weighted by atomic mass is 9.92. The van der Waals surface area contributed by atoms with E-state index in [-0.39, 0.29) is 23.8 Å². The van der Waals surface area contributed by atoms with E-state index in [0.29, 0.717) is 38.9 Å².